The van der Waals surface area contributed by atoms with Crippen LogP contribution in [0.25, 0.3) is 0 Å². The molecule has 6 rings (SSSR count). The minimum absolute atomic E-state index is 0.168. The van der Waals surface area contributed by atoms with E-state index in [0.717, 1.165) is 47.9 Å². The second-order valence-electron chi connectivity index (χ2n) is 12.1. The quantitative estimate of drug-likeness (QED) is 0.251. The van der Waals surface area contributed by atoms with Gasteiger partial charge in [-0.15, -0.1) is 0 Å². The zero-order valence-corrected chi connectivity index (χ0v) is 25.7. The van der Waals surface area contributed by atoms with Gasteiger partial charge in [0.1, 0.15) is 12.1 Å². The summed E-state index contributed by atoms with van der Waals surface area (Å²) in [6.07, 6.45) is 4.18. The van der Waals surface area contributed by atoms with Crippen molar-refractivity contribution in [2.75, 3.05) is 26.4 Å². The van der Waals surface area contributed by atoms with Crippen LogP contribution in [0, 0.1) is 0 Å². The lowest BCUT2D eigenvalue weighted by Crippen LogP contribution is -2.52. The molecular weight excluding hydrogens is 592 g/mol. The third-order valence-electron chi connectivity index (χ3n) is 9.20. The lowest BCUT2D eigenvalue weighted by Gasteiger charge is -2.29. The van der Waals surface area contributed by atoms with Crippen molar-refractivity contribution in [2.45, 2.75) is 76.5 Å². The molecular formula is C34H38N4O8. The van der Waals surface area contributed by atoms with Crippen LogP contribution >= 0.6 is 0 Å². The molecule has 2 fully saturated rings. The molecule has 12 heteroatoms. The molecule has 4 heterocycles. The molecule has 2 aromatic rings. The van der Waals surface area contributed by atoms with Gasteiger partial charge >= 0.3 is 0 Å². The van der Waals surface area contributed by atoms with Crippen molar-refractivity contribution in [1.29, 1.82) is 0 Å². The molecule has 2 saturated heterocycles. The molecule has 2 aromatic carbocycles. The van der Waals surface area contributed by atoms with Crippen LogP contribution in [0.1, 0.15) is 81.5 Å². The molecule has 0 radical (unpaired) electrons. The number of imide groups is 2. The van der Waals surface area contributed by atoms with Crippen molar-refractivity contribution in [3.8, 4) is 0 Å². The van der Waals surface area contributed by atoms with Crippen LogP contribution < -0.4 is 10.6 Å². The maximum atomic E-state index is 13.0. The normalized spacial score (nSPS) is 21.0. The smallest absolute Gasteiger partial charge is 0.255 e. The van der Waals surface area contributed by atoms with Gasteiger partial charge in [0.15, 0.2) is 0 Å². The van der Waals surface area contributed by atoms with Gasteiger partial charge in [-0.1, -0.05) is 24.3 Å². The fourth-order valence-electron chi connectivity index (χ4n) is 6.82. The Labute approximate surface area is 266 Å². The average molecular weight is 631 g/mol. The zero-order chi connectivity index (χ0) is 32.2. The Morgan fingerprint density at radius 2 is 1.04 bits per heavy atom. The van der Waals surface area contributed by atoms with E-state index in [0.29, 0.717) is 63.5 Å². The first-order valence-corrected chi connectivity index (χ1v) is 16.0. The number of fused-ring (bicyclic) bond motifs is 2. The van der Waals surface area contributed by atoms with Gasteiger partial charge in [0, 0.05) is 50.3 Å². The molecule has 0 spiro atoms. The lowest BCUT2D eigenvalue weighted by atomic mass is 10.00. The number of rotatable bonds is 13. The molecule has 4 aliphatic heterocycles. The standard InChI is InChI=1S/C34H38N4O8/c39-29-13-11-27(31(41)35-29)37-19-25-21(5-1-9-23(25)33(37)43)7-3-15-45-17-18-46-16-4-8-22-6-2-10-24-26(22)20-38(34(24)44)28-12-14-30(40)36-32(28)42/h1-2,5-6,9-10,27-28H,3-4,7-8,11-20H2,(H,35,39,41)(H,36,40,42)/t27-,28-/m0/s1. The number of benzene rings is 2. The third kappa shape index (κ3) is 6.59. The van der Waals surface area contributed by atoms with E-state index in [1.807, 2.05) is 24.3 Å². The number of hydrogen-bond donors (Lipinski definition) is 2. The van der Waals surface area contributed by atoms with Crippen LogP contribution in [0.4, 0.5) is 0 Å². The highest BCUT2D eigenvalue weighted by Gasteiger charge is 2.41. The highest BCUT2D eigenvalue weighted by atomic mass is 16.5. The van der Waals surface area contributed by atoms with Crippen LogP contribution in [0.3, 0.4) is 0 Å². The molecule has 242 valence electrons. The molecule has 0 aromatic heterocycles. The Bertz CT molecular complexity index is 1460. The van der Waals surface area contributed by atoms with Crippen LogP contribution in [-0.4, -0.2) is 83.8 Å². The number of hydrogen-bond acceptors (Lipinski definition) is 8. The number of nitrogens with zero attached hydrogens (tertiary/aromatic N) is 2. The van der Waals surface area contributed by atoms with Gasteiger partial charge in [-0.3, -0.25) is 39.4 Å². The van der Waals surface area contributed by atoms with E-state index < -0.39 is 23.9 Å². The van der Waals surface area contributed by atoms with Crippen LogP contribution in [0.2, 0.25) is 0 Å². The predicted molar refractivity (Wildman–Crippen MR) is 163 cm³/mol. The van der Waals surface area contributed by atoms with Gasteiger partial charge in [0.2, 0.25) is 23.6 Å². The molecule has 6 amide bonds. The van der Waals surface area contributed by atoms with E-state index in [-0.39, 0.29) is 36.5 Å². The SMILES string of the molecule is O=C1CC[C@H](N2Cc3c(CCCOCCOCCCc4cccc5c4CN([C@H]4CCC(=O)NC4=O)C5=O)cccc3C2=O)C(=O)N1. The molecule has 0 saturated carbocycles. The van der Waals surface area contributed by atoms with Gasteiger partial charge in [-0.2, -0.15) is 0 Å². The third-order valence-corrected chi connectivity index (χ3v) is 9.20. The van der Waals surface area contributed by atoms with Crippen molar-refractivity contribution >= 4 is 35.4 Å². The number of carbonyl (C=O) groups excluding carboxylic acids is 6. The largest absolute Gasteiger partial charge is 0.379 e. The summed E-state index contributed by atoms with van der Waals surface area (Å²) >= 11 is 0. The number of amides is 6. The Balaban J connectivity index is 0.882. The number of carbonyl (C=O) groups is 6. The summed E-state index contributed by atoms with van der Waals surface area (Å²) < 4.78 is 11.5. The molecule has 46 heavy (non-hydrogen) atoms. The number of piperidine rings is 2. The molecule has 2 atom stereocenters. The summed E-state index contributed by atoms with van der Waals surface area (Å²) in [5, 5.41) is 4.68. The van der Waals surface area contributed by atoms with Gasteiger partial charge < -0.3 is 19.3 Å². The Hall–Kier alpha value is -4.42. The minimum Gasteiger partial charge on any atom is -0.379 e. The monoisotopic (exact) mass is 630 g/mol. The van der Waals surface area contributed by atoms with Crippen molar-refractivity contribution in [3.05, 3.63) is 69.8 Å². The van der Waals surface area contributed by atoms with Crippen LogP contribution in [-0.2, 0) is 54.6 Å². The first-order valence-electron chi connectivity index (χ1n) is 16.0. The van der Waals surface area contributed by atoms with E-state index in [9.17, 15) is 28.8 Å². The summed E-state index contributed by atoms with van der Waals surface area (Å²) in [7, 11) is 0. The Kier molecular flexibility index (Phi) is 9.55. The van der Waals surface area contributed by atoms with E-state index in [4.69, 9.17) is 9.47 Å². The van der Waals surface area contributed by atoms with Gasteiger partial charge in [0.05, 0.1) is 13.2 Å². The van der Waals surface area contributed by atoms with Crippen molar-refractivity contribution in [2.24, 2.45) is 0 Å². The van der Waals surface area contributed by atoms with E-state index in [2.05, 4.69) is 10.6 Å². The topological polar surface area (TPSA) is 151 Å². The molecule has 0 unspecified atom stereocenters. The summed E-state index contributed by atoms with van der Waals surface area (Å²) in [5.74, 6) is -1.75. The number of aryl methyl sites for hydroxylation is 2. The molecule has 2 N–H and O–H groups in total. The first kappa shape index (κ1) is 31.6. The van der Waals surface area contributed by atoms with Gasteiger partial charge in [0.25, 0.3) is 11.8 Å². The van der Waals surface area contributed by atoms with E-state index in [1.54, 1.807) is 21.9 Å². The maximum Gasteiger partial charge on any atom is 0.255 e. The Morgan fingerprint density at radius 3 is 1.46 bits per heavy atom. The number of nitrogens with one attached hydrogen (secondary N) is 2. The fourth-order valence-corrected chi connectivity index (χ4v) is 6.82. The van der Waals surface area contributed by atoms with Gasteiger partial charge in [-0.05, 0) is 72.9 Å². The van der Waals surface area contributed by atoms with Crippen LogP contribution in [0.5, 0.6) is 0 Å². The number of ether oxygens (including phenoxy) is 2. The summed E-state index contributed by atoms with van der Waals surface area (Å²) in [6.45, 7) is 2.75. The maximum absolute atomic E-state index is 13.0. The van der Waals surface area contributed by atoms with Crippen molar-refractivity contribution < 1.29 is 38.2 Å². The predicted octanol–water partition coefficient (Wildman–Crippen LogP) is 1.81. The fraction of sp³-hybridized carbons (Fsp3) is 0.471. The van der Waals surface area contributed by atoms with E-state index >= 15 is 0 Å². The minimum atomic E-state index is -0.623. The molecule has 0 aliphatic carbocycles. The average Bonchev–Trinajstić information content (AvgIpc) is 3.55. The van der Waals surface area contributed by atoms with E-state index in [1.165, 1.54) is 0 Å². The van der Waals surface area contributed by atoms with Crippen molar-refractivity contribution in [3.63, 3.8) is 0 Å². The summed E-state index contributed by atoms with van der Waals surface area (Å²) in [5.41, 5.74) is 5.25. The zero-order valence-electron chi connectivity index (χ0n) is 25.7. The molecule has 4 aliphatic rings. The molecule has 0 bridgehead atoms. The lowest BCUT2D eigenvalue weighted by molar-refractivity contribution is -0.138. The van der Waals surface area contributed by atoms with Gasteiger partial charge in [-0.25, -0.2) is 0 Å². The first-order chi connectivity index (χ1) is 22.3. The summed E-state index contributed by atoms with van der Waals surface area (Å²) in [4.78, 5) is 76.9. The summed E-state index contributed by atoms with van der Waals surface area (Å²) in [6, 6.07) is 10.1. The second-order valence-corrected chi connectivity index (χ2v) is 12.1. The highest BCUT2D eigenvalue weighted by molar-refractivity contribution is 6.06. The van der Waals surface area contributed by atoms with Crippen LogP contribution in [0.15, 0.2) is 36.4 Å². The Morgan fingerprint density at radius 1 is 0.609 bits per heavy atom. The second kappa shape index (κ2) is 13.9. The highest BCUT2D eigenvalue weighted by Crippen LogP contribution is 2.31. The van der Waals surface area contributed by atoms with Crippen molar-refractivity contribution in [1.82, 2.24) is 20.4 Å². The molecule has 12 nitrogen and oxygen atoms in total.